The van der Waals surface area contributed by atoms with E-state index in [1.807, 2.05) is 19.1 Å². The van der Waals surface area contributed by atoms with Gasteiger partial charge in [-0.05, 0) is 49.6 Å². The van der Waals surface area contributed by atoms with Gasteiger partial charge in [-0.15, -0.1) is 0 Å². The summed E-state index contributed by atoms with van der Waals surface area (Å²) in [6.45, 7) is 2.35. The van der Waals surface area contributed by atoms with Crippen molar-refractivity contribution in [2.75, 3.05) is 24.3 Å². The topological polar surface area (TPSA) is 70.7 Å². The van der Waals surface area contributed by atoms with Gasteiger partial charge in [0.1, 0.15) is 17.6 Å². The molecular weight excluding hydrogens is 349 g/mol. The molecule has 0 unspecified atom stereocenters. The van der Waals surface area contributed by atoms with Crippen molar-refractivity contribution in [3.8, 4) is 5.75 Å². The highest BCUT2D eigenvalue weighted by atomic mass is 19.1. The third kappa shape index (κ3) is 4.19. The average molecular weight is 371 g/mol. The third-order valence-electron chi connectivity index (χ3n) is 4.54. The van der Waals surface area contributed by atoms with Crippen molar-refractivity contribution >= 4 is 23.3 Å². The van der Waals surface area contributed by atoms with Crippen molar-refractivity contribution in [2.45, 2.75) is 25.8 Å². The minimum atomic E-state index is -0.623. The van der Waals surface area contributed by atoms with Crippen molar-refractivity contribution in [1.29, 1.82) is 0 Å². The lowest BCUT2D eigenvalue weighted by Gasteiger charge is -2.24. The summed E-state index contributed by atoms with van der Waals surface area (Å²) >= 11 is 0. The third-order valence-corrected chi connectivity index (χ3v) is 4.54. The van der Waals surface area contributed by atoms with Gasteiger partial charge in [0.2, 0.25) is 5.91 Å². The molecule has 3 rings (SSSR count). The molecule has 2 aromatic carbocycles. The summed E-state index contributed by atoms with van der Waals surface area (Å²) < 4.78 is 19.1. The molecule has 2 aromatic rings. The zero-order chi connectivity index (χ0) is 19.4. The van der Waals surface area contributed by atoms with Crippen molar-refractivity contribution in [1.82, 2.24) is 4.90 Å². The maximum Gasteiger partial charge on any atom is 0.322 e. The second-order valence-corrected chi connectivity index (χ2v) is 6.45. The van der Waals surface area contributed by atoms with Crippen LogP contribution in [0.1, 0.15) is 18.4 Å². The molecule has 1 aliphatic rings. The summed E-state index contributed by atoms with van der Waals surface area (Å²) in [5.74, 6) is -0.259. The lowest BCUT2D eigenvalue weighted by molar-refractivity contribution is -0.119. The van der Waals surface area contributed by atoms with Crippen LogP contribution in [0.5, 0.6) is 5.75 Å². The Morgan fingerprint density at radius 3 is 2.67 bits per heavy atom. The maximum atomic E-state index is 13.8. The summed E-state index contributed by atoms with van der Waals surface area (Å²) in [5.41, 5.74) is 1.63. The van der Waals surface area contributed by atoms with E-state index in [4.69, 9.17) is 4.74 Å². The number of hydrogen-bond donors (Lipinski definition) is 2. The number of halogens is 1. The van der Waals surface area contributed by atoms with E-state index in [0.29, 0.717) is 30.8 Å². The Bertz CT molecular complexity index is 856. The molecule has 3 amide bonds. The smallest absolute Gasteiger partial charge is 0.322 e. The van der Waals surface area contributed by atoms with Gasteiger partial charge in [-0.2, -0.15) is 0 Å². The Morgan fingerprint density at radius 2 is 1.93 bits per heavy atom. The monoisotopic (exact) mass is 371 g/mol. The quantitative estimate of drug-likeness (QED) is 0.859. The molecule has 1 aliphatic heterocycles. The van der Waals surface area contributed by atoms with Crippen LogP contribution in [0.3, 0.4) is 0 Å². The van der Waals surface area contributed by atoms with Crippen molar-refractivity contribution in [3.63, 3.8) is 0 Å². The lowest BCUT2D eigenvalue weighted by Crippen LogP contribution is -2.45. The molecule has 0 radical (unpaired) electrons. The molecule has 0 saturated carbocycles. The van der Waals surface area contributed by atoms with Crippen LogP contribution >= 0.6 is 0 Å². The first-order valence-electron chi connectivity index (χ1n) is 8.77. The summed E-state index contributed by atoms with van der Waals surface area (Å²) in [5, 5.41) is 5.38. The van der Waals surface area contributed by atoms with Crippen molar-refractivity contribution in [2.24, 2.45) is 0 Å². The molecule has 142 valence electrons. The van der Waals surface area contributed by atoms with E-state index in [0.717, 1.165) is 5.56 Å². The van der Waals surface area contributed by atoms with Gasteiger partial charge in [0.05, 0.1) is 18.5 Å². The van der Waals surface area contributed by atoms with E-state index in [2.05, 4.69) is 10.6 Å². The lowest BCUT2D eigenvalue weighted by atomic mass is 10.1. The number of anilines is 2. The molecule has 7 heteroatoms. The molecule has 0 spiro atoms. The Morgan fingerprint density at radius 1 is 1.15 bits per heavy atom. The fourth-order valence-electron chi connectivity index (χ4n) is 3.17. The summed E-state index contributed by atoms with van der Waals surface area (Å²) in [4.78, 5) is 26.8. The zero-order valence-corrected chi connectivity index (χ0v) is 15.3. The second-order valence-electron chi connectivity index (χ2n) is 6.45. The zero-order valence-electron chi connectivity index (χ0n) is 15.3. The largest absolute Gasteiger partial charge is 0.495 e. The van der Waals surface area contributed by atoms with Crippen LogP contribution in [-0.4, -0.2) is 36.5 Å². The fraction of sp³-hybridized carbons (Fsp3) is 0.300. The first-order valence-corrected chi connectivity index (χ1v) is 8.77. The highest BCUT2D eigenvalue weighted by molar-refractivity contribution is 6.00. The number of ether oxygens (including phenoxy) is 1. The van der Waals surface area contributed by atoms with Crippen molar-refractivity contribution in [3.05, 3.63) is 53.8 Å². The SMILES string of the molecule is COc1ccc(C)cc1NC(=O)[C@H]1CCCN1C(=O)Nc1ccccc1F. The van der Waals surface area contributed by atoms with E-state index >= 15 is 0 Å². The van der Waals surface area contributed by atoms with E-state index in [1.165, 1.54) is 24.1 Å². The van der Waals surface area contributed by atoms with Gasteiger partial charge in [-0.25, -0.2) is 9.18 Å². The maximum absolute atomic E-state index is 13.8. The number of rotatable bonds is 4. The van der Waals surface area contributed by atoms with E-state index in [1.54, 1.807) is 18.2 Å². The Labute approximate surface area is 157 Å². The number of nitrogens with one attached hydrogen (secondary N) is 2. The number of benzene rings is 2. The fourth-order valence-corrected chi connectivity index (χ4v) is 3.17. The molecule has 1 saturated heterocycles. The standard InChI is InChI=1S/C20H22FN3O3/c1-13-9-10-18(27-2)16(12-13)22-19(25)17-8-5-11-24(17)20(26)23-15-7-4-3-6-14(15)21/h3-4,6-7,9-10,12,17H,5,8,11H2,1-2H3,(H,22,25)(H,23,26)/t17-/m1/s1. The van der Waals surface area contributed by atoms with Crippen LogP contribution < -0.4 is 15.4 Å². The van der Waals surface area contributed by atoms with Crippen LogP contribution in [0.2, 0.25) is 0 Å². The minimum Gasteiger partial charge on any atom is -0.495 e. The van der Waals surface area contributed by atoms with E-state index in [-0.39, 0.29) is 11.6 Å². The number of methoxy groups -OCH3 is 1. The van der Waals surface area contributed by atoms with E-state index < -0.39 is 17.9 Å². The predicted octanol–water partition coefficient (Wildman–Crippen LogP) is 3.78. The van der Waals surface area contributed by atoms with E-state index in [9.17, 15) is 14.0 Å². The molecule has 1 heterocycles. The first-order chi connectivity index (χ1) is 13.0. The van der Waals surface area contributed by atoms with Gasteiger partial charge < -0.3 is 20.3 Å². The van der Waals surface area contributed by atoms with Crippen LogP contribution in [0.4, 0.5) is 20.6 Å². The highest BCUT2D eigenvalue weighted by Crippen LogP contribution is 2.27. The molecule has 27 heavy (non-hydrogen) atoms. The Balaban J connectivity index is 1.72. The number of amides is 3. The molecule has 2 N–H and O–H groups in total. The molecule has 1 atom stereocenters. The van der Waals surface area contributed by atoms with Crippen LogP contribution in [-0.2, 0) is 4.79 Å². The van der Waals surface area contributed by atoms with Gasteiger partial charge in [0, 0.05) is 6.54 Å². The number of hydrogen-bond acceptors (Lipinski definition) is 3. The second kappa shape index (κ2) is 8.07. The number of likely N-dealkylation sites (tertiary alicyclic amines) is 1. The molecular formula is C20H22FN3O3. The average Bonchev–Trinajstić information content (AvgIpc) is 3.14. The summed E-state index contributed by atoms with van der Waals surface area (Å²) in [6, 6.07) is 10.3. The van der Waals surface area contributed by atoms with Crippen LogP contribution in [0, 0.1) is 12.7 Å². The number of nitrogens with zero attached hydrogens (tertiary/aromatic N) is 1. The highest BCUT2D eigenvalue weighted by Gasteiger charge is 2.34. The minimum absolute atomic E-state index is 0.0916. The Hall–Kier alpha value is -3.09. The molecule has 0 aromatic heterocycles. The molecule has 1 fully saturated rings. The molecule has 0 bridgehead atoms. The van der Waals surface area contributed by atoms with Gasteiger partial charge in [-0.3, -0.25) is 4.79 Å². The van der Waals surface area contributed by atoms with Gasteiger partial charge in [0.25, 0.3) is 0 Å². The Kier molecular flexibility index (Phi) is 5.59. The van der Waals surface area contributed by atoms with Crippen LogP contribution in [0.15, 0.2) is 42.5 Å². The first kappa shape index (κ1) is 18.7. The number of aryl methyl sites for hydroxylation is 1. The number of carbonyl (C=O) groups is 2. The van der Waals surface area contributed by atoms with Gasteiger partial charge in [-0.1, -0.05) is 18.2 Å². The predicted molar refractivity (Wildman–Crippen MR) is 102 cm³/mol. The van der Waals surface area contributed by atoms with Gasteiger partial charge >= 0.3 is 6.03 Å². The van der Waals surface area contributed by atoms with Crippen LogP contribution in [0.25, 0.3) is 0 Å². The molecule has 6 nitrogen and oxygen atoms in total. The number of para-hydroxylation sites is 1. The number of carbonyl (C=O) groups excluding carboxylic acids is 2. The van der Waals surface area contributed by atoms with Crippen molar-refractivity contribution < 1.29 is 18.7 Å². The van der Waals surface area contributed by atoms with Gasteiger partial charge in [0.15, 0.2) is 0 Å². The number of urea groups is 1. The normalized spacial score (nSPS) is 16.1. The summed E-state index contributed by atoms with van der Waals surface area (Å²) in [6.07, 6.45) is 1.25. The summed E-state index contributed by atoms with van der Waals surface area (Å²) in [7, 11) is 1.53. The molecule has 0 aliphatic carbocycles.